The molecule has 3 aromatic carbocycles. The molecule has 1 aliphatic rings. The standard InChI is InChI=1S/C29H30N4O2/c1-19-27(21-8-4-3-5-9-21)32-28(31-19)26-17-22-10-6-7-11-23(22)18-33(26)29(34)25(30)16-20-12-14-24(35-2)15-13-20/h3-15,25-26H,16-18,30H2,1-2H3,(H,31,32)/t25-,26-/m0/s1. The van der Waals surface area contributed by atoms with Crippen LogP contribution in [0.15, 0.2) is 78.9 Å². The van der Waals surface area contributed by atoms with Gasteiger partial charge in [0.15, 0.2) is 0 Å². The van der Waals surface area contributed by atoms with Gasteiger partial charge in [0.05, 0.1) is 24.9 Å². The van der Waals surface area contributed by atoms with Gasteiger partial charge in [0.1, 0.15) is 11.6 Å². The van der Waals surface area contributed by atoms with Crippen molar-refractivity contribution < 1.29 is 9.53 Å². The second kappa shape index (κ2) is 9.76. The second-order valence-corrected chi connectivity index (χ2v) is 9.08. The minimum atomic E-state index is -0.652. The third kappa shape index (κ3) is 4.70. The fraction of sp³-hybridized carbons (Fsp3) is 0.241. The lowest BCUT2D eigenvalue weighted by atomic mass is 9.92. The number of imidazole rings is 1. The third-order valence-electron chi connectivity index (χ3n) is 6.73. The van der Waals surface area contributed by atoms with Gasteiger partial charge in [0.25, 0.3) is 0 Å². The lowest BCUT2D eigenvalue weighted by Crippen LogP contribution is -2.48. The van der Waals surface area contributed by atoms with Crippen LogP contribution >= 0.6 is 0 Å². The summed E-state index contributed by atoms with van der Waals surface area (Å²) < 4.78 is 5.24. The first-order valence-electron chi connectivity index (χ1n) is 11.9. The maximum absolute atomic E-state index is 13.7. The first-order valence-corrected chi connectivity index (χ1v) is 11.9. The van der Waals surface area contributed by atoms with E-state index in [0.717, 1.165) is 39.7 Å². The van der Waals surface area contributed by atoms with E-state index in [-0.39, 0.29) is 11.9 Å². The van der Waals surface area contributed by atoms with Gasteiger partial charge in [0.2, 0.25) is 5.91 Å². The van der Waals surface area contributed by atoms with Crippen LogP contribution < -0.4 is 10.5 Å². The van der Waals surface area contributed by atoms with Crippen molar-refractivity contribution in [3.8, 4) is 17.0 Å². The molecular formula is C29H30N4O2. The number of carbonyl (C=O) groups is 1. The molecule has 5 rings (SSSR count). The Labute approximate surface area is 205 Å². The average Bonchev–Trinajstić information content (AvgIpc) is 3.29. The molecule has 0 aliphatic carbocycles. The van der Waals surface area contributed by atoms with Crippen molar-refractivity contribution in [2.75, 3.05) is 7.11 Å². The smallest absolute Gasteiger partial charge is 0.240 e. The van der Waals surface area contributed by atoms with Crippen molar-refractivity contribution in [1.29, 1.82) is 0 Å². The van der Waals surface area contributed by atoms with E-state index in [1.807, 2.05) is 66.4 Å². The summed E-state index contributed by atoms with van der Waals surface area (Å²) in [7, 11) is 1.64. The predicted octanol–water partition coefficient (Wildman–Crippen LogP) is 4.59. The molecule has 0 radical (unpaired) electrons. The van der Waals surface area contributed by atoms with Crippen LogP contribution in [0.4, 0.5) is 0 Å². The number of methoxy groups -OCH3 is 1. The molecule has 3 N–H and O–H groups in total. The SMILES string of the molecule is COc1ccc(C[C@H](N)C(=O)N2Cc3ccccc3C[C@H]2c2nc(-c3ccccc3)c(C)[nH]2)cc1. The van der Waals surface area contributed by atoms with Crippen molar-refractivity contribution in [3.05, 3.63) is 107 Å². The summed E-state index contributed by atoms with van der Waals surface area (Å²) in [5, 5.41) is 0. The molecule has 0 saturated carbocycles. The van der Waals surface area contributed by atoms with Crippen molar-refractivity contribution in [3.63, 3.8) is 0 Å². The average molecular weight is 467 g/mol. The summed E-state index contributed by atoms with van der Waals surface area (Å²) in [6.07, 6.45) is 1.15. The van der Waals surface area contributed by atoms with Gasteiger partial charge in [-0.3, -0.25) is 4.79 Å². The topological polar surface area (TPSA) is 84.2 Å². The number of hydrogen-bond acceptors (Lipinski definition) is 4. The Balaban J connectivity index is 1.45. The number of aromatic amines is 1. The number of carbonyl (C=O) groups excluding carboxylic acids is 1. The summed E-state index contributed by atoms with van der Waals surface area (Å²) >= 11 is 0. The fourth-order valence-corrected chi connectivity index (χ4v) is 4.83. The van der Waals surface area contributed by atoms with Gasteiger partial charge in [-0.15, -0.1) is 0 Å². The summed E-state index contributed by atoms with van der Waals surface area (Å²) in [4.78, 5) is 24.0. The molecule has 1 aromatic heterocycles. The number of rotatable bonds is 6. The number of fused-ring (bicyclic) bond motifs is 1. The van der Waals surface area contributed by atoms with Gasteiger partial charge in [0, 0.05) is 24.2 Å². The van der Waals surface area contributed by atoms with Crippen LogP contribution in [0.3, 0.4) is 0 Å². The number of aromatic nitrogens is 2. The van der Waals surface area contributed by atoms with Gasteiger partial charge in [-0.05, 0) is 42.2 Å². The molecule has 0 bridgehead atoms. The number of amides is 1. The van der Waals surface area contributed by atoms with Crippen LogP contribution in [0.5, 0.6) is 5.75 Å². The zero-order chi connectivity index (χ0) is 24.4. The third-order valence-corrected chi connectivity index (χ3v) is 6.73. The van der Waals surface area contributed by atoms with Gasteiger partial charge in [-0.1, -0.05) is 66.7 Å². The van der Waals surface area contributed by atoms with Gasteiger partial charge in [-0.25, -0.2) is 4.98 Å². The molecule has 0 saturated heterocycles. The van der Waals surface area contributed by atoms with Crippen molar-refractivity contribution in [1.82, 2.24) is 14.9 Å². The Morgan fingerprint density at radius 1 is 1.06 bits per heavy atom. The molecular weight excluding hydrogens is 436 g/mol. The largest absolute Gasteiger partial charge is 0.497 e. The Morgan fingerprint density at radius 2 is 1.74 bits per heavy atom. The van der Waals surface area contributed by atoms with E-state index in [1.54, 1.807) is 7.11 Å². The maximum atomic E-state index is 13.7. The van der Waals surface area contributed by atoms with Gasteiger partial charge in [-0.2, -0.15) is 0 Å². The highest BCUT2D eigenvalue weighted by Crippen LogP contribution is 2.34. The molecule has 1 aliphatic heterocycles. The van der Waals surface area contributed by atoms with E-state index < -0.39 is 6.04 Å². The molecule has 6 nitrogen and oxygen atoms in total. The number of H-pyrrole nitrogens is 1. The normalized spacial score (nSPS) is 16.0. The van der Waals surface area contributed by atoms with E-state index in [4.69, 9.17) is 15.5 Å². The number of aryl methyl sites for hydroxylation is 1. The van der Waals surface area contributed by atoms with Crippen LogP contribution in [0.2, 0.25) is 0 Å². The number of nitrogens with zero attached hydrogens (tertiary/aromatic N) is 2. The number of nitrogens with two attached hydrogens (primary N) is 1. The first kappa shape index (κ1) is 22.9. The zero-order valence-electron chi connectivity index (χ0n) is 20.1. The van der Waals surface area contributed by atoms with Crippen LogP contribution in [-0.2, 0) is 24.2 Å². The Morgan fingerprint density at radius 3 is 2.46 bits per heavy atom. The molecule has 0 unspecified atom stereocenters. The summed E-state index contributed by atoms with van der Waals surface area (Å²) in [6, 6.07) is 25.2. The molecule has 178 valence electrons. The monoisotopic (exact) mass is 466 g/mol. The van der Waals surface area contributed by atoms with E-state index in [1.165, 1.54) is 5.56 Å². The predicted molar refractivity (Wildman–Crippen MR) is 137 cm³/mol. The number of nitrogens with one attached hydrogen (secondary N) is 1. The first-order chi connectivity index (χ1) is 17.0. The second-order valence-electron chi connectivity index (χ2n) is 9.08. The van der Waals surface area contributed by atoms with Crippen LogP contribution in [0, 0.1) is 6.92 Å². The Bertz CT molecular complexity index is 1310. The van der Waals surface area contributed by atoms with Crippen LogP contribution in [0.1, 0.15) is 34.3 Å². The minimum Gasteiger partial charge on any atom is -0.497 e. The number of benzene rings is 3. The van der Waals surface area contributed by atoms with Crippen molar-refractivity contribution in [2.45, 2.75) is 38.4 Å². The summed E-state index contributed by atoms with van der Waals surface area (Å²) in [6.45, 7) is 2.54. The maximum Gasteiger partial charge on any atom is 0.240 e. The summed E-state index contributed by atoms with van der Waals surface area (Å²) in [5.41, 5.74) is 12.8. The quantitative estimate of drug-likeness (QED) is 0.435. The fourth-order valence-electron chi connectivity index (χ4n) is 4.83. The van der Waals surface area contributed by atoms with Gasteiger partial charge >= 0.3 is 0 Å². The lowest BCUT2D eigenvalue weighted by Gasteiger charge is -2.37. The Kier molecular flexibility index (Phi) is 6.38. The highest BCUT2D eigenvalue weighted by molar-refractivity contribution is 5.82. The van der Waals surface area contributed by atoms with Crippen molar-refractivity contribution in [2.24, 2.45) is 5.73 Å². The molecule has 35 heavy (non-hydrogen) atoms. The van der Waals surface area contributed by atoms with Crippen LogP contribution in [0.25, 0.3) is 11.3 Å². The van der Waals surface area contributed by atoms with E-state index >= 15 is 0 Å². The van der Waals surface area contributed by atoms with Gasteiger partial charge < -0.3 is 20.4 Å². The molecule has 0 fully saturated rings. The molecule has 4 aromatic rings. The summed E-state index contributed by atoms with van der Waals surface area (Å²) in [5.74, 6) is 1.50. The number of ether oxygens (including phenoxy) is 1. The van der Waals surface area contributed by atoms with E-state index in [2.05, 4.69) is 29.2 Å². The highest BCUT2D eigenvalue weighted by Gasteiger charge is 2.35. The van der Waals surface area contributed by atoms with E-state index in [0.29, 0.717) is 19.4 Å². The lowest BCUT2D eigenvalue weighted by molar-refractivity contribution is -0.136. The highest BCUT2D eigenvalue weighted by atomic mass is 16.5. The van der Waals surface area contributed by atoms with Crippen LogP contribution in [-0.4, -0.2) is 33.9 Å². The Hall–Kier alpha value is -3.90. The minimum absolute atomic E-state index is 0.0735. The molecule has 2 atom stereocenters. The molecule has 0 spiro atoms. The molecule has 2 heterocycles. The van der Waals surface area contributed by atoms with Crippen molar-refractivity contribution >= 4 is 5.91 Å². The zero-order valence-corrected chi connectivity index (χ0v) is 20.1. The molecule has 1 amide bonds. The van der Waals surface area contributed by atoms with E-state index in [9.17, 15) is 4.79 Å². The number of hydrogen-bond donors (Lipinski definition) is 2. The molecule has 6 heteroatoms.